The van der Waals surface area contributed by atoms with E-state index in [4.69, 9.17) is 15.2 Å². The zero-order chi connectivity index (χ0) is 9.94. The van der Waals surface area contributed by atoms with Crippen LogP contribution in [0.25, 0.3) is 0 Å². The van der Waals surface area contributed by atoms with Gasteiger partial charge in [0.25, 0.3) is 0 Å². The van der Waals surface area contributed by atoms with Crippen molar-refractivity contribution in [3.63, 3.8) is 0 Å². The molecular formula is C9H17NO3. The quantitative estimate of drug-likeness (QED) is 0.341. The van der Waals surface area contributed by atoms with E-state index in [1.54, 1.807) is 6.08 Å². The molecule has 0 bridgehead atoms. The van der Waals surface area contributed by atoms with Gasteiger partial charge in [-0.1, -0.05) is 6.08 Å². The first-order valence-corrected chi connectivity index (χ1v) is 4.35. The minimum atomic E-state index is -0.215. The molecule has 0 spiro atoms. The van der Waals surface area contributed by atoms with Crippen LogP contribution in [0.1, 0.15) is 12.8 Å². The van der Waals surface area contributed by atoms with E-state index in [1.807, 2.05) is 0 Å². The second kappa shape index (κ2) is 9.22. The number of carbonyl (C=O) groups is 1. The van der Waals surface area contributed by atoms with Gasteiger partial charge in [-0.05, 0) is 13.0 Å². The fraction of sp³-hybridized carbons (Fsp3) is 0.667. The second-order valence-electron chi connectivity index (χ2n) is 2.48. The Labute approximate surface area is 78.7 Å². The number of carbonyl (C=O) groups excluding carboxylic acids is 1. The molecule has 0 amide bonds. The maximum atomic E-state index is 10.9. The average molecular weight is 187 g/mol. The highest BCUT2D eigenvalue weighted by Gasteiger charge is 2.00. The monoisotopic (exact) mass is 187 g/mol. The lowest BCUT2D eigenvalue weighted by Gasteiger charge is -2.03. The summed E-state index contributed by atoms with van der Waals surface area (Å²) < 4.78 is 9.85. The number of rotatable bonds is 8. The van der Waals surface area contributed by atoms with Gasteiger partial charge in [-0.15, -0.1) is 6.58 Å². The molecule has 0 radical (unpaired) electrons. The van der Waals surface area contributed by atoms with Gasteiger partial charge in [0.05, 0.1) is 13.2 Å². The van der Waals surface area contributed by atoms with E-state index in [0.717, 1.165) is 0 Å². The van der Waals surface area contributed by atoms with Crippen molar-refractivity contribution >= 4 is 5.97 Å². The lowest BCUT2D eigenvalue weighted by atomic mass is 10.3. The Balaban J connectivity index is 3.12. The number of nitrogens with two attached hydrogens (primary N) is 1. The summed E-state index contributed by atoms with van der Waals surface area (Å²) in [7, 11) is 0. The van der Waals surface area contributed by atoms with Crippen LogP contribution in [-0.2, 0) is 14.3 Å². The summed E-state index contributed by atoms with van der Waals surface area (Å²) in [6.45, 7) is 5.21. The average Bonchev–Trinajstić information content (AvgIpc) is 2.14. The zero-order valence-electron chi connectivity index (χ0n) is 7.83. The molecule has 4 heteroatoms. The van der Waals surface area contributed by atoms with Gasteiger partial charge in [0.1, 0.15) is 6.61 Å². The molecule has 0 rings (SSSR count). The summed E-state index contributed by atoms with van der Waals surface area (Å²) in [5, 5.41) is 0. The molecule has 0 fully saturated rings. The fourth-order valence-corrected chi connectivity index (χ4v) is 0.700. The van der Waals surface area contributed by atoms with Crippen LogP contribution in [0, 0.1) is 0 Å². The highest BCUT2D eigenvalue weighted by atomic mass is 16.6. The van der Waals surface area contributed by atoms with Gasteiger partial charge in [-0.25, -0.2) is 0 Å². The van der Waals surface area contributed by atoms with Crippen molar-refractivity contribution in [2.45, 2.75) is 12.8 Å². The van der Waals surface area contributed by atoms with E-state index in [9.17, 15) is 4.79 Å². The summed E-state index contributed by atoms with van der Waals surface area (Å²) in [5.74, 6) is -0.215. The Morgan fingerprint density at radius 1 is 1.46 bits per heavy atom. The Morgan fingerprint density at radius 3 is 2.85 bits per heavy atom. The zero-order valence-corrected chi connectivity index (χ0v) is 7.83. The van der Waals surface area contributed by atoms with Gasteiger partial charge < -0.3 is 15.2 Å². The van der Waals surface area contributed by atoms with Crippen molar-refractivity contribution in [1.29, 1.82) is 0 Å². The van der Waals surface area contributed by atoms with E-state index in [1.165, 1.54) is 0 Å². The molecule has 0 aromatic carbocycles. The van der Waals surface area contributed by atoms with E-state index >= 15 is 0 Å². The number of esters is 1. The van der Waals surface area contributed by atoms with Crippen LogP contribution in [0.4, 0.5) is 0 Å². The third-order valence-corrected chi connectivity index (χ3v) is 1.31. The minimum Gasteiger partial charge on any atom is -0.463 e. The van der Waals surface area contributed by atoms with Crippen molar-refractivity contribution in [2.24, 2.45) is 5.73 Å². The van der Waals surface area contributed by atoms with E-state index in [0.29, 0.717) is 39.2 Å². The van der Waals surface area contributed by atoms with Crippen molar-refractivity contribution in [2.75, 3.05) is 26.4 Å². The van der Waals surface area contributed by atoms with Gasteiger partial charge in [-0.3, -0.25) is 4.79 Å². The lowest BCUT2D eigenvalue weighted by Crippen LogP contribution is -2.12. The first-order valence-electron chi connectivity index (χ1n) is 4.35. The molecular weight excluding hydrogens is 170 g/mol. The van der Waals surface area contributed by atoms with E-state index in [2.05, 4.69) is 6.58 Å². The molecule has 0 aliphatic rings. The summed E-state index contributed by atoms with van der Waals surface area (Å²) >= 11 is 0. The molecule has 0 heterocycles. The highest BCUT2D eigenvalue weighted by molar-refractivity contribution is 5.69. The van der Waals surface area contributed by atoms with Gasteiger partial charge in [0, 0.05) is 6.42 Å². The Hall–Kier alpha value is -0.870. The Morgan fingerprint density at radius 2 is 2.23 bits per heavy atom. The molecule has 0 aliphatic carbocycles. The molecule has 4 nitrogen and oxygen atoms in total. The number of ether oxygens (including phenoxy) is 2. The van der Waals surface area contributed by atoms with Crippen LogP contribution in [-0.4, -0.2) is 32.3 Å². The van der Waals surface area contributed by atoms with Crippen molar-refractivity contribution in [1.82, 2.24) is 0 Å². The van der Waals surface area contributed by atoms with Crippen molar-refractivity contribution < 1.29 is 14.3 Å². The topological polar surface area (TPSA) is 61.5 Å². The molecule has 0 atom stereocenters. The molecule has 2 N–H and O–H groups in total. The van der Waals surface area contributed by atoms with Gasteiger partial charge in [0.15, 0.2) is 0 Å². The predicted molar refractivity (Wildman–Crippen MR) is 50.3 cm³/mol. The lowest BCUT2D eigenvalue weighted by molar-refractivity contribution is -0.145. The Bertz CT molecular complexity index is 148. The largest absolute Gasteiger partial charge is 0.463 e. The standard InChI is InChI=1S/C9H17NO3/c1-2-6-12-7-8-13-9(11)4-3-5-10/h2H,1,3-8,10H2. The minimum absolute atomic E-state index is 0.215. The molecule has 0 aromatic rings. The molecule has 76 valence electrons. The summed E-state index contributed by atoms with van der Waals surface area (Å²) in [6.07, 6.45) is 2.71. The second-order valence-corrected chi connectivity index (χ2v) is 2.48. The normalized spacial score (nSPS) is 9.62. The van der Waals surface area contributed by atoms with Crippen molar-refractivity contribution in [3.05, 3.63) is 12.7 Å². The van der Waals surface area contributed by atoms with Crippen LogP contribution < -0.4 is 5.73 Å². The van der Waals surface area contributed by atoms with Crippen LogP contribution in [0.5, 0.6) is 0 Å². The SMILES string of the molecule is C=CCOCCOC(=O)CCCN. The van der Waals surface area contributed by atoms with Gasteiger partial charge in [-0.2, -0.15) is 0 Å². The third-order valence-electron chi connectivity index (χ3n) is 1.31. The summed E-state index contributed by atoms with van der Waals surface area (Å²) in [6, 6.07) is 0. The van der Waals surface area contributed by atoms with E-state index < -0.39 is 0 Å². The van der Waals surface area contributed by atoms with Crippen LogP contribution >= 0.6 is 0 Å². The number of hydrogen-bond acceptors (Lipinski definition) is 4. The molecule has 0 saturated heterocycles. The number of hydrogen-bond donors (Lipinski definition) is 1. The third kappa shape index (κ3) is 9.04. The summed E-state index contributed by atoms with van der Waals surface area (Å²) in [4.78, 5) is 10.9. The first-order chi connectivity index (χ1) is 6.31. The van der Waals surface area contributed by atoms with Crippen molar-refractivity contribution in [3.8, 4) is 0 Å². The van der Waals surface area contributed by atoms with Gasteiger partial charge >= 0.3 is 5.97 Å². The molecule has 0 saturated carbocycles. The fourth-order valence-electron chi connectivity index (χ4n) is 0.700. The first kappa shape index (κ1) is 12.1. The molecule has 0 aliphatic heterocycles. The molecule has 0 unspecified atom stereocenters. The van der Waals surface area contributed by atoms with Crippen LogP contribution in [0.2, 0.25) is 0 Å². The summed E-state index contributed by atoms with van der Waals surface area (Å²) in [5.41, 5.74) is 5.23. The Kier molecular flexibility index (Phi) is 8.60. The molecule has 0 aromatic heterocycles. The molecule has 13 heavy (non-hydrogen) atoms. The van der Waals surface area contributed by atoms with E-state index in [-0.39, 0.29) is 5.97 Å². The smallest absolute Gasteiger partial charge is 0.305 e. The maximum Gasteiger partial charge on any atom is 0.305 e. The highest BCUT2D eigenvalue weighted by Crippen LogP contribution is 1.90. The van der Waals surface area contributed by atoms with Crippen LogP contribution in [0.15, 0.2) is 12.7 Å². The van der Waals surface area contributed by atoms with Gasteiger partial charge in [0.2, 0.25) is 0 Å². The predicted octanol–water partition coefficient (Wildman–Crippen LogP) is 0.471. The van der Waals surface area contributed by atoms with Crippen LogP contribution in [0.3, 0.4) is 0 Å². The maximum absolute atomic E-state index is 10.9.